The van der Waals surface area contributed by atoms with Crippen molar-refractivity contribution in [2.24, 2.45) is 0 Å². The average Bonchev–Trinajstić information content (AvgIpc) is 2.88. The summed E-state index contributed by atoms with van der Waals surface area (Å²) in [6.07, 6.45) is 4.74. The van der Waals surface area contributed by atoms with Gasteiger partial charge >= 0.3 is 6.09 Å². The maximum atomic E-state index is 11.0. The predicted molar refractivity (Wildman–Crippen MR) is 74.5 cm³/mol. The molecular formula is C15H17N3O2. The number of aryl methyl sites for hydroxylation is 2. The predicted octanol–water partition coefficient (Wildman–Crippen LogP) is 2.16. The number of fused-ring (bicyclic) bond motifs is 1. The van der Waals surface area contributed by atoms with Crippen LogP contribution < -0.4 is 0 Å². The second kappa shape index (κ2) is 5.36. The van der Waals surface area contributed by atoms with Crippen LogP contribution in [0.2, 0.25) is 0 Å². The molecular weight excluding hydrogens is 254 g/mol. The van der Waals surface area contributed by atoms with Crippen molar-refractivity contribution in [2.75, 3.05) is 6.54 Å². The Bertz CT molecular complexity index is 607. The van der Waals surface area contributed by atoms with Gasteiger partial charge in [0.25, 0.3) is 0 Å². The summed E-state index contributed by atoms with van der Waals surface area (Å²) in [6, 6.07) is 8.22. The molecule has 1 aliphatic rings. The summed E-state index contributed by atoms with van der Waals surface area (Å²) >= 11 is 0. The van der Waals surface area contributed by atoms with Crippen LogP contribution in [0.5, 0.6) is 0 Å². The fraction of sp³-hybridized carbons (Fsp3) is 0.333. The van der Waals surface area contributed by atoms with Crippen molar-refractivity contribution in [2.45, 2.75) is 25.9 Å². The number of pyridine rings is 1. The molecule has 1 amide bonds. The van der Waals surface area contributed by atoms with Crippen LogP contribution >= 0.6 is 0 Å². The van der Waals surface area contributed by atoms with Gasteiger partial charge in [-0.3, -0.25) is 4.98 Å². The van der Waals surface area contributed by atoms with Crippen molar-refractivity contribution >= 4 is 6.09 Å². The summed E-state index contributed by atoms with van der Waals surface area (Å²) in [5, 5.41) is 9.03. The second-order valence-electron chi connectivity index (χ2n) is 5.03. The van der Waals surface area contributed by atoms with E-state index in [4.69, 9.17) is 5.11 Å². The Labute approximate surface area is 117 Å². The fourth-order valence-electron chi connectivity index (χ4n) is 2.68. The number of amides is 1. The number of hydrogen-bond acceptors (Lipinski definition) is 2. The molecule has 0 unspecified atom stereocenters. The maximum absolute atomic E-state index is 11.0. The minimum Gasteiger partial charge on any atom is -0.465 e. The third-order valence-electron chi connectivity index (χ3n) is 3.80. The fourth-order valence-corrected chi connectivity index (χ4v) is 2.68. The van der Waals surface area contributed by atoms with Crippen molar-refractivity contribution in [1.82, 2.24) is 14.5 Å². The molecule has 1 N–H and O–H groups in total. The van der Waals surface area contributed by atoms with Crippen molar-refractivity contribution in [3.05, 3.63) is 53.6 Å². The minimum absolute atomic E-state index is 0.491. The number of carbonyl (C=O) groups is 1. The van der Waals surface area contributed by atoms with Crippen LogP contribution in [0.1, 0.15) is 17.0 Å². The van der Waals surface area contributed by atoms with Gasteiger partial charge in [0.1, 0.15) is 0 Å². The first-order valence-electron chi connectivity index (χ1n) is 6.78. The van der Waals surface area contributed by atoms with E-state index in [0.29, 0.717) is 13.1 Å². The van der Waals surface area contributed by atoms with E-state index in [1.807, 2.05) is 30.6 Å². The second-order valence-corrected chi connectivity index (χ2v) is 5.03. The summed E-state index contributed by atoms with van der Waals surface area (Å²) in [4.78, 5) is 16.5. The van der Waals surface area contributed by atoms with E-state index in [2.05, 4.69) is 15.6 Å². The Morgan fingerprint density at radius 1 is 1.15 bits per heavy atom. The smallest absolute Gasteiger partial charge is 0.407 e. The monoisotopic (exact) mass is 271 g/mol. The van der Waals surface area contributed by atoms with E-state index in [0.717, 1.165) is 25.1 Å². The zero-order valence-electron chi connectivity index (χ0n) is 11.2. The average molecular weight is 271 g/mol. The molecule has 2 aromatic heterocycles. The molecule has 0 spiro atoms. The normalized spacial score (nSPS) is 14.1. The molecule has 3 rings (SSSR count). The summed E-state index contributed by atoms with van der Waals surface area (Å²) in [6.45, 7) is 1.81. The highest BCUT2D eigenvalue weighted by Crippen LogP contribution is 2.18. The molecule has 0 radical (unpaired) electrons. The lowest BCUT2D eigenvalue weighted by Gasteiger charge is -2.27. The molecule has 0 aromatic carbocycles. The van der Waals surface area contributed by atoms with E-state index in [1.165, 1.54) is 16.2 Å². The lowest BCUT2D eigenvalue weighted by Crippen LogP contribution is -2.37. The van der Waals surface area contributed by atoms with Gasteiger partial charge in [0.05, 0.1) is 6.54 Å². The molecule has 0 atom stereocenters. The quantitative estimate of drug-likeness (QED) is 0.930. The van der Waals surface area contributed by atoms with E-state index in [9.17, 15) is 4.79 Å². The highest BCUT2D eigenvalue weighted by Gasteiger charge is 2.21. The number of carboxylic acid groups (broad SMARTS) is 1. The van der Waals surface area contributed by atoms with Gasteiger partial charge in [0.15, 0.2) is 0 Å². The molecule has 104 valence electrons. The van der Waals surface area contributed by atoms with Crippen molar-refractivity contribution in [1.29, 1.82) is 0 Å². The van der Waals surface area contributed by atoms with Gasteiger partial charge in [0.2, 0.25) is 0 Å². The van der Waals surface area contributed by atoms with E-state index >= 15 is 0 Å². The molecule has 0 saturated heterocycles. The van der Waals surface area contributed by atoms with Crippen LogP contribution in [0.25, 0.3) is 0 Å². The van der Waals surface area contributed by atoms with E-state index < -0.39 is 6.09 Å². The van der Waals surface area contributed by atoms with Crippen molar-refractivity contribution in [3.63, 3.8) is 0 Å². The number of aromatic nitrogens is 2. The van der Waals surface area contributed by atoms with Crippen LogP contribution in [-0.4, -0.2) is 32.2 Å². The molecule has 5 heteroatoms. The maximum Gasteiger partial charge on any atom is 0.407 e. The molecule has 0 fully saturated rings. The van der Waals surface area contributed by atoms with Crippen LogP contribution in [0.3, 0.4) is 0 Å². The largest absolute Gasteiger partial charge is 0.465 e. The standard InChI is InChI=1S/C15H17N3O2/c19-15(20)17-9-10-18-13(3-4-14(18)11-17)2-1-12-5-7-16-8-6-12/h3-8H,1-2,9-11H2,(H,19,20). The van der Waals surface area contributed by atoms with Crippen molar-refractivity contribution < 1.29 is 9.90 Å². The van der Waals surface area contributed by atoms with Crippen LogP contribution in [0.15, 0.2) is 36.7 Å². The molecule has 3 heterocycles. The number of hydrogen-bond donors (Lipinski definition) is 1. The van der Waals surface area contributed by atoms with Crippen molar-refractivity contribution in [3.8, 4) is 0 Å². The van der Waals surface area contributed by atoms with Crippen LogP contribution in [0, 0.1) is 0 Å². The topological polar surface area (TPSA) is 58.4 Å². The van der Waals surface area contributed by atoms with Crippen LogP contribution in [-0.2, 0) is 25.9 Å². The molecule has 0 aliphatic carbocycles. The number of nitrogens with zero attached hydrogens (tertiary/aromatic N) is 3. The van der Waals surface area contributed by atoms with Crippen LogP contribution in [0.4, 0.5) is 4.79 Å². The third kappa shape index (κ3) is 2.52. The Balaban J connectivity index is 1.69. The zero-order valence-corrected chi connectivity index (χ0v) is 11.2. The summed E-state index contributed by atoms with van der Waals surface area (Å²) in [7, 11) is 0. The van der Waals surface area contributed by atoms with Gasteiger partial charge < -0.3 is 14.6 Å². The molecule has 0 saturated carbocycles. The Morgan fingerprint density at radius 3 is 2.70 bits per heavy atom. The first-order valence-corrected chi connectivity index (χ1v) is 6.78. The first-order chi connectivity index (χ1) is 9.74. The Morgan fingerprint density at radius 2 is 1.95 bits per heavy atom. The van der Waals surface area contributed by atoms with Gasteiger partial charge in [-0.05, 0) is 42.7 Å². The van der Waals surface area contributed by atoms with E-state index in [-0.39, 0.29) is 0 Å². The van der Waals surface area contributed by atoms with Gasteiger partial charge in [0, 0.05) is 36.9 Å². The Hall–Kier alpha value is -2.30. The van der Waals surface area contributed by atoms with E-state index in [1.54, 1.807) is 0 Å². The molecule has 20 heavy (non-hydrogen) atoms. The molecule has 5 nitrogen and oxygen atoms in total. The van der Waals surface area contributed by atoms with Gasteiger partial charge in [-0.25, -0.2) is 4.79 Å². The lowest BCUT2D eigenvalue weighted by atomic mass is 10.1. The molecule has 2 aromatic rings. The van der Waals surface area contributed by atoms with Gasteiger partial charge in [-0.15, -0.1) is 0 Å². The number of rotatable bonds is 3. The Kier molecular flexibility index (Phi) is 3.41. The highest BCUT2D eigenvalue weighted by molar-refractivity contribution is 5.65. The minimum atomic E-state index is -0.837. The third-order valence-corrected chi connectivity index (χ3v) is 3.80. The first kappa shape index (κ1) is 12.7. The summed E-state index contributed by atoms with van der Waals surface area (Å²) < 4.78 is 2.25. The highest BCUT2D eigenvalue weighted by atomic mass is 16.4. The lowest BCUT2D eigenvalue weighted by molar-refractivity contribution is 0.132. The summed E-state index contributed by atoms with van der Waals surface area (Å²) in [5.41, 5.74) is 3.64. The summed E-state index contributed by atoms with van der Waals surface area (Å²) in [5.74, 6) is 0. The van der Waals surface area contributed by atoms with Gasteiger partial charge in [-0.1, -0.05) is 0 Å². The van der Waals surface area contributed by atoms with Gasteiger partial charge in [-0.2, -0.15) is 0 Å². The molecule has 0 bridgehead atoms. The molecule has 1 aliphatic heterocycles. The zero-order chi connectivity index (χ0) is 13.9. The SMILES string of the molecule is O=C(O)N1CCn2c(CCc3ccncc3)ccc2C1.